The predicted octanol–water partition coefficient (Wildman–Crippen LogP) is 23.6. The Balaban J connectivity index is 0.706. The number of allylic oxidation sites excluding steroid dienone is 8. The van der Waals surface area contributed by atoms with Crippen molar-refractivity contribution in [3.8, 4) is 62.1 Å². The number of nitrogens with zero attached hydrogens (tertiary/aromatic N) is 7. The van der Waals surface area contributed by atoms with E-state index in [1.807, 2.05) is 0 Å². The van der Waals surface area contributed by atoms with E-state index < -0.39 is 0 Å². The molecule has 2 atom stereocenters. The molecule has 4 aliphatic carbocycles. The SMILES string of the molecule is C1=CC(n2c3ccccc3c3cc(-c4ccc5c(c4)c4cc(-c6ccc7c(c6)c6c(n7-c7ccccc7)C=CCC6)ccc4n5-c4cccc(-c5cc(-c6ccccc6)nc(-n6c7c(c8cc(C9=CC%10c%11ccccc%11N(c%11ccccc%11)C%10C=C9)ccc86)C=CCC7)n5)c4)ccc32)=CCC1. The molecule has 5 aromatic heterocycles. The van der Waals surface area contributed by atoms with E-state index in [1.165, 1.54) is 133 Å². The monoisotopic (exact) mass is 1290 g/mol. The summed E-state index contributed by atoms with van der Waals surface area (Å²) < 4.78 is 9.71. The summed E-state index contributed by atoms with van der Waals surface area (Å²) in [6.07, 6.45) is 29.5. The van der Waals surface area contributed by atoms with Gasteiger partial charge in [-0.25, -0.2) is 9.97 Å². The van der Waals surface area contributed by atoms with E-state index in [9.17, 15) is 0 Å². The quantitative estimate of drug-likeness (QED) is 0.137. The van der Waals surface area contributed by atoms with E-state index in [0.717, 1.165) is 83.3 Å². The number of rotatable bonds is 10. The van der Waals surface area contributed by atoms with Gasteiger partial charge < -0.3 is 18.6 Å². The standard InChI is InChI=1S/C94H67N7/c1-5-22-60(23-6-1)82-59-83(96-94(95-82)101-87-39-20-16-35-75(87)79-56-64(45-51-93(79)101)61-40-46-88-76(53-61)72-32-13-17-36-84(72)97(88)68-25-7-2-8-26-68)67-24-21-31-71(52-67)100-91-49-43-65(62-41-47-89-77(54-62)73-33-14-18-37-85(73)98(89)69-27-9-3-10-28-69)57-80(91)81-58-66(44-50-92(81)100)63-42-48-90-78(55-63)74-34-15-19-38-86(74)99(90)70-29-11-4-12-30-70/h1-3,5-11,13,15-19,21-32,34-38,40-59,76,88H,4,12,14,20,33,39H2. The van der Waals surface area contributed by atoms with E-state index in [0.29, 0.717) is 5.95 Å². The molecule has 0 amide bonds. The zero-order chi connectivity index (χ0) is 66.2. The molecular formula is C94H67N7. The average Bonchev–Trinajstić information content (AvgIpc) is 1.61. The maximum absolute atomic E-state index is 5.68. The smallest absolute Gasteiger partial charge is 0.235 e. The maximum Gasteiger partial charge on any atom is 0.235 e. The third-order valence-electron chi connectivity index (χ3n) is 22.0. The van der Waals surface area contributed by atoms with Gasteiger partial charge in [0.25, 0.3) is 0 Å². The summed E-state index contributed by atoms with van der Waals surface area (Å²) in [7, 11) is 0. The van der Waals surface area contributed by atoms with Gasteiger partial charge in [-0.3, -0.25) is 4.57 Å². The number of para-hydroxylation sites is 4. The van der Waals surface area contributed by atoms with E-state index >= 15 is 0 Å². The van der Waals surface area contributed by atoms with Crippen molar-refractivity contribution in [1.82, 2.24) is 28.2 Å². The molecule has 7 heteroatoms. The van der Waals surface area contributed by atoms with Gasteiger partial charge >= 0.3 is 0 Å². The van der Waals surface area contributed by atoms with Gasteiger partial charge in [0.15, 0.2) is 0 Å². The summed E-state index contributed by atoms with van der Waals surface area (Å²) in [5, 5.41) is 7.42. The maximum atomic E-state index is 5.68. The minimum absolute atomic E-state index is 0.193. The van der Waals surface area contributed by atoms with Gasteiger partial charge in [-0.05, 0) is 210 Å². The lowest BCUT2D eigenvalue weighted by atomic mass is 9.86. The zero-order valence-electron chi connectivity index (χ0n) is 55.6. The molecule has 21 rings (SSSR count). The highest BCUT2D eigenvalue weighted by Crippen LogP contribution is 2.50. The molecule has 16 aromatic rings. The van der Waals surface area contributed by atoms with Crippen molar-refractivity contribution >= 4 is 100 Å². The molecule has 0 saturated heterocycles. The Morgan fingerprint density at radius 1 is 0.347 bits per heavy atom. The molecule has 2 unspecified atom stereocenters. The number of hydrogen-bond donors (Lipinski definition) is 0. The second kappa shape index (κ2) is 23.0. The first-order valence-corrected chi connectivity index (χ1v) is 35.7. The predicted molar refractivity (Wildman–Crippen MR) is 421 cm³/mol. The fourth-order valence-electron chi connectivity index (χ4n) is 17.4. The van der Waals surface area contributed by atoms with Crippen LogP contribution in [0.4, 0.5) is 11.4 Å². The van der Waals surface area contributed by atoms with Gasteiger partial charge in [-0.2, -0.15) is 0 Å². The Morgan fingerprint density at radius 3 is 1.65 bits per heavy atom. The van der Waals surface area contributed by atoms with Crippen LogP contribution in [0.25, 0.3) is 151 Å². The summed E-state index contributed by atoms with van der Waals surface area (Å²) in [6, 6.07) is 96.9. The summed E-state index contributed by atoms with van der Waals surface area (Å²) in [5.41, 5.74) is 30.5. The van der Waals surface area contributed by atoms with Crippen molar-refractivity contribution in [3.63, 3.8) is 0 Å². The number of fused-ring (bicyclic) bond motifs is 15. The van der Waals surface area contributed by atoms with Crippen LogP contribution in [0, 0.1) is 0 Å². The molecule has 0 spiro atoms. The van der Waals surface area contributed by atoms with Crippen LogP contribution in [0.15, 0.2) is 309 Å². The van der Waals surface area contributed by atoms with Gasteiger partial charge in [-0.15, -0.1) is 0 Å². The van der Waals surface area contributed by atoms with Gasteiger partial charge in [0, 0.05) is 94.8 Å². The van der Waals surface area contributed by atoms with Gasteiger partial charge in [0.1, 0.15) is 0 Å². The second-order valence-corrected chi connectivity index (χ2v) is 27.7. The van der Waals surface area contributed by atoms with Crippen LogP contribution in [0.3, 0.4) is 0 Å². The first kappa shape index (κ1) is 57.5. The number of aromatic nitrogens is 6. The summed E-state index contributed by atoms with van der Waals surface area (Å²) >= 11 is 0. The molecule has 6 heterocycles. The van der Waals surface area contributed by atoms with E-state index in [1.54, 1.807) is 0 Å². The average molecular weight is 1290 g/mol. The third-order valence-corrected chi connectivity index (χ3v) is 22.0. The van der Waals surface area contributed by atoms with Crippen molar-refractivity contribution in [2.45, 2.75) is 50.5 Å². The first-order chi connectivity index (χ1) is 50.1. The van der Waals surface area contributed by atoms with Gasteiger partial charge in [0.2, 0.25) is 5.95 Å². The van der Waals surface area contributed by atoms with Crippen LogP contribution in [-0.4, -0.2) is 34.3 Å². The summed E-state index contributed by atoms with van der Waals surface area (Å²) in [4.78, 5) is 13.7. The Labute approximate surface area is 585 Å². The van der Waals surface area contributed by atoms with Crippen LogP contribution in [0.5, 0.6) is 0 Å². The minimum Gasteiger partial charge on any atom is -0.333 e. The number of anilines is 2. The lowest BCUT2D eigenvalue weighted by molar-refractivity contribution is 0.747. The van der Waals surface area contributed by atoms with Crippen LogP contribution >= 0.6 is 0 Å². The molecule has 478 valence electrons. The van der Waals surface area contributed by atoms with Gasteiger partial charge in [-0.1, -0.05) is 194 Å². The first-order valence-electron chi connectivity index (χ1n) is 35.7. The third kappa shape index (κ3) is 9.19. The van der Waals surface area contributed by atoms with Crippen LogP contribution in [0.1, 0.15) is 65.2 Å². The fourth-order valence-corrected chi connectivity index (χ4v) is 17.4. The molecule has 0 fully saturated rings. The number of hydrogen-bond acceptors (Lipinski definition) is 3. The Bertz CT molecular complexity index is 6340. The topological polar surface area (TPSA) is 48.7 Å². The molecule has 0 bridgehead atoms. The Morgan fingerprint density at radius 2 is 0.911 bits per heavy atom. The Hall–Kier alpha value is -12.6. The molecule has 0 N–H and O–H groups in total. The lowest BCUT2D eigenvalue weighted by Gasteiger charge is -2.29. The molecule has 5 aliphatic rings. The molecule has 7 nitrogen and oxygen atoms in total. The van der Waals surface area contributed by atoms with Crippen LogP contribution < -0.4 is 4.90 Å². The van der Waals surface area contributed by atoms with E-state index in [-0.39, 0.29) is 12.0 Å². The van der Waals surface area contributed by atoms with Crippen molar-refractivity contribution in [2.75, 3.05) is 4.90 Å². The van der Waals surface area contributed by atoms with Crippen molar-refractivity contribution in [1.29, 1.82) is 0 Å². The van der Waals surface area contributed by atoms with E-state index in [4.69, 9.17) is 9.97 Å². The molecule has 0 radical (unpaired) electrons. The highest BCUT2D eigenvalue weighted by Gasteiger charge is 2.38. The summed E-state index contributed by atoms with van der Waals surface area (Å²) in [5.74, 6) is 0.880. The van der Waals surface area contributed by atoms with Crippen LogP contribution in [-0.2, 0) is 12.8 Å². The minimum atomic E-state index is 0.193. The summed E-state index contributed by atoms with van der Waals surface area (Å²) in [6.45, 7) is 0. The van der Waals surface area contributed by atoms with Crippen LogP contribution in [0.2, 0.25) is 0 Å². The normalized spacial score (nSPS) is 16.0. The van der Waals surface area contributed by atoms with Gasteiger partial charge in [0.05, 0.1) is 50.5 Å². The van der Waals surface area contributed by atoms with Crippen molar-refractivity contribution in [3.05, 3.63) is 343 Å². The molecule has 11 aromatic carbocycles. The van der Waals surface area contributed by atoms with E-state index in [2.05, 4.69) is 345 Å². The highest BCUT2D eigenvalue weighted by molar-refractivity contribution is 6.14. The highest BCUT2D eigenvalue weighted by atomic mass is 15.2. The molecular weight excluding hydrogens is 1230 g/mol. The number of benzene rings is 11. The largest absolute Gasteiger partial charge is 0.333 e. The number of aryl methyl sites for hydroxylation is 1. The Kier molecular flexibility index (Phi) is 13.1. The molecule has 0 saturated carbocycles. The van der Waals surface area contributed by atoms with Crippen molar-refractivity contribution in [2.24, 2.45) is 0 Å². The molecule has 1 aliphatic heterocycles. The van der Waals surface area contributed by atoms with Crippen molar-refractivity contribution < 1.29 is 0 Å². The lowest BCUT2D eigenvalue weighted by Crippen LogP contribution is -2.28. The zero-order valence-corrected chi connectivity index (χ0v) is 55.6. The second-order valence-electron chi connectivity index (χ2n) is 27.7. The fraction of sp³-hybridized carbons (Fsp3) is 0.0851. The molecule has 101 heavy (non-hydrogen) atoms.